The molecule has 0 saturated heterocycles. The zero-order valence-electron chi connectivity index (χ0n) is 24.4. The number of nitrogens with zero attached hydrogens (tertiary/aromatic N) is 7. The van der Waals surface area contributed by atoms with Crippen LogP contribution in [0.4, 0.5) is 17.5 Å². The highest BCUT2D eigenvalue weighted by atomic mass is 16.5. The van der Waals surface area contributed by atoms with Gasteiger partial charge < -0.3 is 25.4 Å². The quantitative estimate of drug-likeness (QED) is 0.173. The number of hydrogen-bond donors (Lipinski definition) is 2. The Hall–Kier alpha value is -5.68. The first-order chi connectivity index (χ1) is 21.5. The molecule has 6 aromatic rings. The van der Waals surface area contributed by atoms with E-state index in [0.29, 0.717) is 35.4 Å². The van der Waals surface area contributed by atoms with Crippen molar-refractivity contribution in [2.75, 3.05) is 38.3 Å². The van der Waals surface area contributed by atoms with E-state index in [-0.39, 0.29) is 5.95 Å². The second-order valence-corrected chi connectivity index (χ2v) is 10.2. The Morgan fingerprint density at radius 1 is 0.841 bits per heavy atom. The minimum atomic E-state index is 0.170. The van der Waals surface area contributed by atoms with Gasteiger partial charge in [0.2, 0.25) is 17.7 Å². The highest BCUT2D eigenvalue weighted by Gasteiger charge is 2.14. The molecule has 4 aromatic heterocycles. The zero-order valence-corrected chi connectivity index (χ0v) is 24.4. The fraction of sp³-hybridized carbons (Fsp3) is 0.152. The van der Waals surface area contributed by atoms with E-state index in [1.807, 2.05) is 60.7 Å². The molecule has 0 radical (unpaired) electrons. The van der Waals surface area contributed by atoms with Crippen molar-refractivity contribution in [2.24, 2.45) is 0 Å². The average molecular weight is 586 g/mol. The number of nitrogens with one attached hydrogen (secondary N) is 1. The fourth-order valence-corrected chi connectivity index (χ4v) is 4.65. The van der Waals surface area contributed by atoms with E-state index in [2.05, 4.69) is 54.4 Å². The lowest BCUT2D eigenvalue weighted by Gasteiger charge is -2.13. The third-order valence-electron chi connectivity index (χ3n) is 6.73. The van der Waals surface area contributed by atoms with Crippen LogP contribution in [0.1, 0.15) is 6.42 Å². The first-order valence-electron chi connectivity index (χ1n) is 14.1. The van der Waals surface area contributed by atoms with Crippen LogP contribution >= 0.6 is 0 Å². The van der Waals surface area contributed by atoms with Crippen molar-refractivity contribution in [3.05, 3.63) is 97.5 Å². The lowest BCUT2D eigenvalue weighted by atomic mass is 10.0. The second-order valence-electron chi connectivity index (χ2n) is 10.2. The van der Waals surface area contributed by atoms with Crippen LogP contribution in [0.5, 0.6) is 17.5 Å². The maximum atomic E-state index is 6.00. The first kappa shape index (κ1) is 28.4. The minimum Gasteiger partial charge on any atom is -0.494 e. The van der Waals surface area contributed by atoms with Gasteiger partial charge in [-0.3, -0.25) is 0 Å². The second kappa shape index (κ2) is 13.1. The molecule has 0 unspecified atom stereocenters. The van der Waals surface area contributed by atoms with Crippen molar-refractivity contribution in [2.45, 2.75) is 6.42 Å². The SMILES string of the molecule is CN(C)CCCOc1cccc(-c2nnc(Nc3ccc(Oc4ncccc4-c4ccnc(N)n4)nc3)c3ccccc23)c1. The molecule has 0 atom stereocenters. The Balaban J connectivity index is 1.20. The molecule has 220 valence electrons. The van der Waals surface area contributed by atoms with Crippen molar-refractivity contribution in [1.82, 2.24) is 35.0 Å². The summed E-state index contributed by atoms with van der Waals surface area (Å²) < 4.78 is 12.0. The van der Waals surface area contributed by atoms with Gasteiger partial charge in [-0.15, -0.1) is 10.2 Å². The van der Waals surface area contributed by atoms with Gasteiger partial charge in [-0.25, -0.2) is 19.9 Å². The third-order valence-corrected chi connectivity index (χ3v) is 6.73. The molecule has 0 aliphatic rings. The smallest absolute Gasteiger partial charge is 0.230 e. The lowest BCUT2D eigenvalue weighted by Crippen LogP contribution is -2.15. The Kier molecular flexibility index (Phi) is 8.46. The van der Waals surface area contributed by atoms with Gasteiger partial charge in [0.05, 0.1) is 29.7 Å². The van der Waals surface area contributed by atoms with Crippen LogP contribution in [0, 0.1) is 0 Å². The Morgan fingerprint density at radius 2 is 1.73 bits per heavy atom. The summed E-state index contributed by atoms with van der Waals surface area (Å²) in [5.74, 6) is 2.32. The van der Waals surface area contributed by atoms with E-state index in [1.165, 1.54) is 0 Å². The highest BCUT2D eigenvalue weighted by Crippen LogP contribution is 2.33. The third kappa shape index (κ3) is 6.69. The Labute approximate surface area is 254 Å². The van der Waals surface area contributed by atoms with Crippen LogP contribution < -0.4 is 20.5 Å². The number of pyridine rings is 2. The molecule has 4 heterocycles. The van der Waals surface area contributed by atoms with Crippen LogP contribution in [-0.2, 0) is 0 Å². The van der Waals surface area contributed by atoms with Gasteiger partial charge in [0.1, 0.15) is 11.4 Å². The van der Waals surface area contributed by atoms with Crippen molar-refractivity contribution in [3.8, 4) is 40.0 Å². The van der Waals surface area contributed by atoms with Crippen molar-refractivity contribution in [1.29, 1.82) is 0 Å². The van der Waals surface area contributed by atoms with E-state index in [0.717, 1.165) is 46.4 Å². The molecule has 44 heavy (non-hydrogen) atoms. The molecule has 11 heteroatoms. The fourth-order valence-electron chi connectivity index (χ4n) is 4.65. The Morgan fingerprint density at radius 3 is 2.55 bits per heavy atom. The molecule has 0 aliphatic heterocycles. The molecule has 0 amide bonds. The molecule has 3 N–H and O–H groups in total. The van der Waals surface area contributed by atoms with Gasteiger partial charge in [0.15, 0.2) is 5.82 Å². The van der Waals surface area contributed by atoms with Gasteiger partial charge in [-0.05, 0) is 56.9 Å². The predicted octanol–water partition coefficient (Wildman–Crippen LogP) is 5.99. The molecule has 2 aromatic carbocycles. The lowest BCUT2D eigenvalue weighted by molar-refractivity contribution is 0.281. The molecular weight excluding hydrogens is 554 g/mol. The maximum absolute atomic E-state index is 6.00. The largest absolute Gasteiger partial charge is 0.494 e. The number of aromatic nitrogens is 6. The number of ether oxygens (including phenoxy) is 2. The summed E-state index contributed by atoms with van der Waals surface area (Å²) in [7, 11) is 4.11. The van der Waals surface area contributed by atoms with Gasteiger partial charge in [-0.2, -0.15) is 0 Å². The van der Waals surface area contributed by atoms with E-state index in [4.69, 9.17) is 15.2 Å². The number of hydrogen-bond acceptors (Lipinski definition) is 11. The van der Waals surface area contributed by atoms with Gasteiger partial charge in [-0.1, -0.05) is 36.4 Å². The maximum Gasteiger partial charge on any atom is 0.230 e. The molecule has 6 rings (SSSR count). The molecule has 0 bridgehead atoms. The molecule has 0 fully saturated rings. The van der Waals surface area contributed by atoms with Crippen molar-refractivity contribution < 1.29 is 9.47 Å². The van der Waals surface area contributed by atoms with E-state index in [1.54, 1.807) is 36.8 Å². The molecule has 0 saturated carbocycles. The average Bonchev–Trinajstić information content (AvgIpc) is 3.04. The zero-order chi connectivity index (χ0) is 30.3. The van der Waals surface area contributed by atoms with Gasteiger partial charge in [0, 0.05) is 41.3 Å². The van der Waals surface area contributed by atoms with Crippen LogP contribution in [0.25, 0.3) is 33.3 Å². The number of benzene rings is 2. The standard InChI is InChI=1S/C33H31N9O2/c1-42(2)18-7-19-43-24-9-5-8-22(20-24)30-25-10-3-4-11-26(25)31(41-40-30)38-23-13-14-29(37-21-23)44-32-27(12-6-16-35-32)28-15-17-36-33(34)39-28/h3-6,8-17,20-21H,7,18-19H2,1-2H3,(H,38,41)(H2,34,36,39). The summed E-state index contributed by atoms with van der Waals surface area (Å²) in [6, 6.07) is 25.0. The minimum absolute atomic E-state index is 0.170. The first-order valence-corrected chi connectivity index (χ1v) is 14.1. The van der Waals surface area contributed by atoms with E-state index in [9.17, 15) is 0 Å². The van der Waals surface area contributed by atoms with Gasteiger partial charge >= 0.3 is 0 Å². The number of nitrogen functional groups attached to an aromatic ring is 1. The molecule has 0 spiro atoms. The summed E-state index contributed by atoms with van der Waals surface area (Å²) in [6.07, 6.45) is 5.85. The normalized spacial score (nSPS) is 11.1. The number of rotatable bonds is 11. The summed E-state index contributed by atoms with van der Waals surface area (Å²) >= 11 is 0. The van der Waals surface area contributed by atoms with Crippen LogP contribution in [0.2, 0.25) is 0 Å². The summed E-state index contributed by atoms with van der Waals surface area (Å²) in [4.78, 5) is 19.2. The summed E-state index contributed by atoms with van der Waals surface area (Å²) in [5, 5.41) is 14.4. The highest BCUT2D eigenvalue weighted by molar-refractivity contribution is 6.00. The number of fused-ring (bicyclic) bond motifs is 1. The predicted molar refractivity (Wildman–Crippen MR) is 171 cm³/mol. The molecule has 11 nitrogen and oxygen atoms in total. The van der Waals surface area contributed by atoms with Crippen LogP contribution in [-0.4, -0.2) is 62.3 Å². The Bertz CT molecular complexity index is 1880. The topological polar surface area (TPSA) is 137 Å². The number of anilines is 3. The van der Waals surface area contributed by atoms with Crippen LogP contribution in [0.3, 0.4) is 0 Å². The summed E-state index contributed by atoms with van der Waals surface area (Å²) in [5.41, 5.74) is 9.49. The van der Waals surface area contributed by atoms with Crippen LogP contribution in [0.15, 0.2) is 97.5 Å². The molecule has 0 aliphatic carbocycles. The summed E-state index contributed by atoms with van der Waals surface area (Å²) in [6.45, 7) is 1.62. The number of nitrogens with two attached hydrogens (primary N) is 1. The van der Waals surface area contributed by atoms with Gasteiger partial charge in [0.25, 0.3) is 0 Å². The van der Waals surface area contributed by atoms with E-state index < -0.39 is 0 Å². The van der Waals surface area contributed by atoms with E-state index >= 15 is 0 Å². The van der Waals surface area contributed by atoms with Crippen molar-refractivity contribution >= 4 is 28.2 Å². The monoisotopic (exact) mass is 585 g/mol. The molecular formula is C33H31N9O2. The van der Waals surface area contributed by atoms with Crippen molar-refractivity contribution in [3.63, 3.8) is 0 Å².